The number of aryl methyl sites for hydroxylation is 1. The minimum absolute atomic E-state index is 0.00318. The summed E-state index contributed by atoms with van der Waals surface area (Å²) < 4.78 is 41.7. The predicted octanol–water partition coefficient (Wildman–Crippen LogP) is 2.52. The highest BCUT2D eigenvalue weighted by molar-refractivity contribution is 7.89. The standard InChI is InChI=1S/C21H28FN5O2S/c1-14-6-7-16(11-18(14)22)30(28,29)27-9-4-5-15(12-27)20-24-19-8-10-26(3)13-17(19)21(23-2)25-20/h6-7,11,15H,4-5,8-10,12-13H2,1-3H3,(H,23,24,25)/t15-/m1/s1. The first kappa shape index (κ1) is 21.1. The molecule has 3 heterocycles. The van der Waals surface area contributed by atoms with Crippen molar-refractivity contribution in [3.63, 3.8) is 0 Å². The van der Waals surface area contributed by atoms with Crippen LogP contribution < -0.4 is 5.32 Å². The van der Waals surface area contributed by atoms with Crippen LogP contribution in [0.4, 0.5) is 10.2 Å². The lowest BCUT2D eigenvalue weighted by molar-refractivity contribution is 0.300. The number of hydrogen-bond donors (Lipinski definition) is 1. The van der Waals surface area contributed by atoms with Gasteiger partial charge < -0.3 is 10.2 Å². The van der Waals surface area contributed by atoms with Gasteiger partial charge in [-0.1, -0.05) is 6.07 Å². The number of halogens is 1. The lowest BCUT2D eigenvalue weighted by Gasteiger charge is -2.32. The number of sulfonamides is 1. The summed E-state index contributed by atoms with van der Waals surface area (Å²) in [5, 5.41) is 3.18. The topological polar surface area (TPSA) is 78.4 Å². The maximum Gasteiger partial charge on any atom is 0.243 e. The first-order valence-electron chi connectivity index (χ1n) is 10.3. The van der Waals surface area contributed by atoms with E-state index >= 15 is 0 Å². The van der Waals surface area contributed by atoms with Crippen LogP contribution >= 0.6 is 0 Å². The molecule has 30 heavy (non-hydrogen) atoms. The van der Waals surface area contributed by atoms with Crippen LogP contribution in [0.2, 0.25) is 0 Å². The van der Waals surface area contributed by atoms with Gasteiger partial charge >= 0.3 is 0 Å². The van der Waals surface area contributed by atoms with Crippen LogP contribution in [0.15, 0.2) is 23.1 Å². The second kappa shape index (κ2) is 8.20. The van der Waals surface area contributed by atoms with Gasteiger partial charge in [0.25, 0.3) is 0 Å². The molecule has 1 N–H and O–H groups in total. The number of hydrogen-bond acceptors (Lipinski definition) is 6. The third-order valence-corrected chi connectivity index (χ3v) is 7.90. The Hall–Kier alpha value is -2.10. The van der Waals surface area contributed by atoms with Gasteiger partial charge in [0.2, 0.25) is 10.0 Å². The third-order valence-electron chi connectivity index (χ3n) is 6.04. The molecule has 1 aromatic carbocycles. The Morgan fingerprint density at radius 1 is 1.23 bits per heavy atom. The Kier molecular flexibility index (Phi) is 5.78. The number of benzene rings is 1. The van der Waals surface area contributed by atoms with Crippen LogP contribution in [0, 0.1) is 12.7 Å². The average molecular weight is 434 g/mol. The van der Waals surface area contributed by atoms with E-state index in [9.17, 15) is 12.8 Å². The molecule has 0 amide bonds. The Labute approximate surface area is 177 Å². The molecule has 2 aromatic rings. The maximum atomic E-state index is 14.0. The number of nitrogens with one attached hydrogen (secondary N) is 1. The van der Waals surface area contributed by atoms with Gasteiger partial charge in [0.15, 0.2) is 0 Å². The lowest BCUT2D eigenvalue weighted by atomic mass is 9.97. The second-order valence-electron chi connectivity index (χ2n) is 8.21. The molecule has 1 fully saturated rings. The van der Waals surface area contributed by atoms with Crippen molar-refractivity contribution in [3.8, 4) is 0 Å². The molecule has 1 aromatic heterocycles. The van der Waals surface area contributed by atoms with Crippen molar-refractivity contribution in [2.45, 2.75) is 43.5 Å². The average Bonchev–Trinajstić information content (AvgIpc) is 2.75. The fourth-order valence-electron chi connectivity index (χ4n) is 4.21. The van der Waals surface area contributed by atoms with E-state index in [1.54, 1.807) is 6.92 Å². The molecule has 0 unspecified atom stereocenters. The van der Waals surface area contributed by atoms with Gasteiger partial charge in [-0.05, 0) is 44.5 Å². The maximum absolute atomic E-state index is 14.0. The van der Waals surface area contributed by atoms with E-state index in [4.69, 9.17) is 9.97 Å². The van der Waals surface area contributed by atoms with E-state index < -0.39 is 15.8 Å². The zero-order chi connectivity index (χ0) is 21.5. The highest BCUT2D eigenvalue weighted by Gasteiger charge is 2.33. The van der Waals surface area contributed by atoms with Crippen LogP contribution in [0.1, 0.15) is 41.4 Å². The van der Waals surface area contributed by atoms with Crippen molar-refractivity contribution in [1.29, 1.82) is 0 Å². The quantitative estimate of drug-likeness (QED) is 0.798. The fourth-order valence-corrected chi connectivity index (χ4v) is 5.75. The van der Waals surface area contributed by atoms with E-state index in [1.165, 1.54) is 16.4 Å². The number of anilines is 1. The Morgan fingerprint density at radius 3 is 2.77 bits per heavy atom. The number of likely N-dealkylation sites (N-methyl/N-ethyl adjacent to an activating group) is 1. The molecule has 2 aliphatic rings. The molecule has 7 nitrogen and oxygen atoms in total. The predicted molar refractivity (Wildman–Crippen MR) is 113 cm³/mol. The first-order chi connectivity index (χ1) is 14.3. The highest BCUT2D eigenvalue weighted by atomic mass is 32.2. The number of aromatic nitrogens is 2. The number of piperidine rings is 1. The van der Waals surface area contributed by atoms with Crippen molar-refractivity contribution >= 4 is 15.8 Å². The molecular weight excluding hydrogens is 405 g/mol. The SMILES string of the molecule is CNc1nc([C@@H]2CCCN(S(=O)(=O)c3ccc(C)c(F)c3)C2)nc2c1CN(C)CC2. The molecule has 0 aliphatic carbocycles. The zero-order valence-corrected chi connectivity index (χ0v) is 18.5. The summed E-state index contributed by atoms with van der Waals surface area (Å²) in [4.78, 5) is 11.8. The van der Waals surface area contributed by atoms with E-state index in [0.29, 0.717) is 24.5 Å². The molecule has 162 valence electrons. The molecule has 9 heteroatoms. The van der Waals surface area contributed by atoms with Crippen molar-refractivity contribution in [1.82, 2.24) is 19.2 Å². The van der Waals surface area contributed by atoms with E-state index in [1.807, 2.05) is 7.05 Å². The van der Waals surface area contributed by atoms with E-state index in [-0.39, 0.29) is 10.8 Å². The van der Waals surface area contributed by atoms with Crippen LogP contribution in [-0.4, -0.2) is 61.3 Å². The van der Waals surface area contributed by atoms with Crippen LogP contribution in [0.3, 0.4) is 0 Å². The Morgan fingerprint density at radius 2 is 2.03 bits per heavy atom. The smallest absolute Gasteiger partial charge is 0.243 e. The van der Waals surface area contributed by atoms with Crippen molar-refractivity contribution in [2.75, 3.05) is 39.0 Å². The molecular formula is C21H28FN5O2S. The molecule has 2 aliphatic heterocycles. The first-order valence-corrected chi connectivity index (χ1v) is 11.8. The molecule has 0 radical (unpaired) electrons. The summed E-state index contributed by atoms with van der Waals surface area (Å²) in [6, 6.07) is 4.09. The summed E-state index contributed by atoms with van der Waals surface area (Å²) in [7, 11) is 0.162. The van der Waals surface area contributed by atoms with Gasteiger partial charge in [-0.3, -0.25) is 0 Å². The van der Waals surface area contributed by atoms with E-state index in [0.717, 1.165) is 55.5 Å². The highest BCUT2D eigenvalue weighted by Crippen LogP contribution is 2.32. The van der Waals surface area contributed by atoms with Gasteiger partial charge in [0.05, 0.1) is 10.6 Å². The summed E-state index contributed by atoms with van der Waals surface area (Å²) in [5.41, 5.74) is 2.59. The van der Waals surface area contributed by atoms with Gasteiger partial charge in [-0.15, -0.1) is 0 Å². The number of nitrogens with zero attached hydrogens (tertiary/aromatic N) is 4. The molecule has 1 saturated heterocycles. The van der Waals surface area contributed by atoms with Crippen LogP contribution in [-0.2, 0) is 23.0 Å². The monoisotopic (exact) mass is 433 g/mol. The fraction of sp³-hybridized carbons (Fsp3) is 0.524. The van der Waals surface area contributed by atoms with Crippen molar-refractivity contribution < 1.29 is 12.8 Å². The molecule has 0 saturated carbocycles. The number of fused-ring (bicyclic) bond motifs is 1. The summed E-state index contributed by atoms with van der Waals surface area (Å²) in [6.07, 6.45) is 2.40. The summed E-state index contributed by atoms with van der Waals surface area (Å²) in [6.45, 7) is 4.09. The van der Waals surface area contributed by atoms with Crippen molar-refractivity contribution in [2.24, 2.45) is 0 Å². The van der Waals surface area contributed by atoms with Crippen LogP contribution in [0.5, 0.6) is 0 Å². The molecule has 4 rings (SSSR count). The summed E-state index contributed by atoms with van der Waals surface area (Å²) in [5.74, 6) is 0.923. The molecule has 1 atom stereocenters. The summed E-state index contributed by atoms with van der Waals surface area (Å²) >= 11 is 0. The minimum atomic E-state index is -3.77. The number of rotatable bonds is 4. The van der Waals surface area contributed by atoms with E-state index in [2.05, 4.69) is 17.3 Å². The van der Waals surface area contributed by atoms with Crippen molar-refractivity contribution in [3.05, 3.63) is 46.7 Å². The normalized spacial score (nSPS) is 20.7. The molecule has 0 bridgehead atoms. The van der Waals surface area contributed by atoms with Gasteiger partial charge in [-0.2, -0.15) is 4.31 Å². The van der Waals surface area contributed by atoms with Crippen LogP contribution in [0.25, 0.3) is 0 Å². The van der Waals surface area contributed by atoms with Gasteiger partial charge in [0.1, 0.15) is 17.5 Å². The Balaban J connectivity index is 1.62. The third kappa shape index (κ3) is 3.93. The lowest BCUT2D eigenvalue weighted by Crippen LogP contribution is -2.40. The molecule has 0 spiro atoms. The largest absolute Gasteiger partial charge is 0.373 e. The Bertz CT molecular complexity index is 1040. The minimum Gasteiger partial charge on any atom is -0.373 e. The second-order valence-corrected chi connectivity index (χ2v) is 10.1. The zero-order valence-electron chi connectivity index (χ0n) is 17.7. The van der Waals surface area contributed by atoms with Gasteiger partial charge in [-0.25, -0.2) is 22.8 Å². The van der Waals surface area contributed by atoms with Gasteiger partial charge in [0, 0.05) is 51.1 Å².